The maximum absolute atomic E-state index is 5.93. The van der Waals surface area contributed by atoms with E-state index < -0.39 is 0 Å². The molecule has 0 spiro atoms. The summed E-state index contributed by atoms with van der Waals surface area (Å²) in [6.45, 7) is 1.96. The number of aromatic amines is 1. The number of likely N-dealkylation sites (N-methyl/N-ethyl adjacent to an activating group) is 1. The molecule has 3 N–H and O–H groups in total. The van der Waals surface area contributed by atoms with Gasteiger partial charge in [-0.2, -0.15) is 0 Å². The Kier molecular flexibility index (Phi) is 2.47. The van der Waals surface area contributed by atoms with E-state index in [4.69, 9.17) is 5.73 Å². The van der Waals surface area contributed by atoms with Crippen molar-refractivity contribution in [2.45, 2.75) is 24.8 Å². The summed E-state index contributed by atoms with van der Waals surface area (Å²) in [4.78, 5) is 5.95. The van der Waals surface area contributed by atoms with Crippen LogP contribution in [0.4, 0.5) is 0 Å². The minimum absolute atomic E-state index is 0.641. The van der Waals surface area contributed by atoms with Gasteiger partial charge in [-0.3, -0.25) is 0 Å². The minimum atomic E-state index is 0.641. The van der Waals surface area contributed by atoms with Crippen LogP contribution in [0.3, 0.4) is 0 Å². The van der Waals surface area contributed by atoms with Crippen LogP contribution >= 0.6 is 0 Å². The van der Waals surface area contributed by atoms with Gasteiger partial charge in [-0.1, -0.05) is 12.1 Å². The third-order valence-electron chi connectivity index (χ3n) is 5.15. The van der Waals surface area contributed by atoms with Gasteiger partial charge in [0.15, 0.2) is 0 Å². The maximum Gasteiger partial charge on any atom is 0.0459 e. The number of piperidine rings is 1. The molecular formula is C16H21N3. The number of nitrogens with two attached hydrogens (primary N) is 1. The third-order valence-corrected chi connectivity index (χ3v) is 5.15. The number of rotatable bonds is 1. The number of likely N-dealkylation sites (tertiary alicyclic amines) is 1. The second-order valence-electron chi connectivity index (χ2n) is 6.24. The predicted octanol–water partition coefficient (Wildman–Crippen LogP) is 2.09. The summed E-state index contributed by atoms with van der Waals surface area (Å²) in [6, 6.07) is 7.35. The summed E-state index contributed by atoms with van der Waals surface area (Å²) in [6.07, 6.45) is 4.62. The van der Waals surface area contributed by atoms with Gasteiger partial charge >= 0.3 is 0 Å². The van der Waals surface area contributed by atoms with Crippen molar-refractivity contribution in [1.29, 1.82) is 0 Å². The van der Waals surface area contributed by atoms with Gasteiger partial charge in [0.25, 0.3) is 0 Å². The lowest BCUT2D eigenvalue weighted by Crippen LogP contribution is -2.49. The van der Waals surface area contributed by atoms with E-state index in [1.165, 1.54) is 34.9 Å². The molecule has 2 aliphatic rings. The molecule has 1 aromatic carbocycles. The fourth-order valence-electron chi connectivity index (χ4n) is 4.22. The van der Waals surface area contributed by atoms with Gasteiger partial charge in [0.2, 0.25) is 0 Å². The van der Waals surface area contributed by atoms with Gasteiger partial charge in [0.05, 0.1) is 0 Å². The van der Waals surface area contributed by atoms with Crippen molar-refractivity contribution in [3.8, 4) is 0 Å². The standard InChI is InChI=1S/C16H21N3/c1-19-9-10(7-17)5-13-12-3-2-4-14-16(12)11(8-18-14)6-15(13)19/h2-4,8,10,13,15,18H,5-7,9,17H2,1H3/t10-,13?,15-/m1/s1. The number of hydrogen-bond acceptors (Lipinski definition) is 2. The molecule has 1 aliphatic heterocycles. The SMILES string of the molecule is CN1C[C@@H](CN)CC2c3cccc4[nH]cc(c34)C[C@H]21. The van der Waals surface area contributed by atoms with Crippen LogP contribution in [0.5, 0.6) is 0 Å². The van der Waals surface area contributed by atoms with Crippen LogP contribution in [0.25, 0.3) is 10.9 Å². The molecule has 1 aromatic heterocycles. The molecule has 1 aliphatic carbocycles. The van der Waals surface area contributed by atoms with Crippen LogP contribution < -0.4 is 5.73 Å². The van der Waals surface area contributed by atoms with Crippen molar-refractivity contribution in [2.75, 3.05) is 20.1 Å². The highest BCUT2D eigenvalue weighted by molar-refractivity contribution is 5.88. The van der Waals surface area contributed by atoms with Gasteiger partial charge < -0.3 is 15.6 Å². The molecule has 3 heteroatoms. The van der Waals surface area contributed by atoms with Crippen molar-refractivity contribution < 1.29 is 0 Å². The van der Waals surface area contributed by atoms with Crippen molar-refractivity contribution in [2.24, 2.45) is 11.7 Å². The Morgan fingerprint density at radius 2 is 2.32 bits per heavy atom. The van der Waals surface area contributed by atoms with Crippen LogP contribution in [0.2, 0.25) is 0 Å². The molecule has 2 aromatic rings. The topological polar surface area (TPSA) is 45.0 Å². The lowest BCUT2D eigenvalue weighted by molar-refractivity contribution is 0.115. The summed E-state index contributed by atoms with van der Waals surface area (Å²) < 4.78 is 0. The Hall–Kier alpha value is -1.32. The number of hydrogen-bond donors (Lipinski definition) is 2. The van der Waals surface area contributed by atoms with Crippen LogP contribution in [-0.2, 0) is 6.42 Å². The molecule has 19 heavy (non-hydrogen) atoms. The number of H-pyrrole nitrogens is 1. The Morgan fingerprint density at radius 3 is 3.16 bits per heavy atom. The fraction of sp³-hybridized carbons (Fsp3) is 0.500. The number of aromatic nitrogens is 1. The Balaban J connectivity index is 1.86. The molecule has 0 radical (unpaired) electrons. The normalized spacial score (nSPS) is 30.5. The van der Waals surface area contributed by atoms with E-state index in [1.807, 2.05) is 0 Å². The predicted molar refractivity (Wildman–Crippen MR) is 78.3 cm³/mol. The van der Waals surface area contributed by atoms with Crippen molar-refractivity contribution in [3.63, 3.8) is 0 Å². The number of nitrogens with zero attached hydrogens (tertiary/aromatic N) is 1. The molecule has 1 fully saturated rings. The first kappa shape index (κ1) is 11.5. The third kappa shape index (κ3) is 1.58. The van der Waals surface area contributed by atoms with Crippen LogP contribution in [0.15, 0.2) is 24.4 Å². The second kappa shape index (κ2) is 4.09. The van der Waals surface area contributed by atoms with E-state index in [-0.39, 0.29) is 0 Å². The van der Waals surface area contributed by atoms with Crippen molar-refractivity contribution in [3.05, 3.63) is 35.5 Å². The first-order valence-corrected chi connectivity index (χ1v) is 7.27. The van der Waals surface area contributed by atoms with Gasteiger partial charge in [0, 0.05) is 35.6 Å². The van der Waals surface area contributed by atoms with E-state index in [2.05, 4.69) is 41.3 Å². The molecule has 1 saturated heterocycles. The Morgan fingerprint density at radius 1 is 1.42 bits per heavy atom. The van der Waals surface area contributed by atoms with Gasteiger partial charge in [0.1, 0.15) is 0 Å². The Bertz CT molecular complexity index is 615. The summed E-state index contributed by atoms with van der Waals surface area (Å²) in [5.74, 6) is 1.29. The number of nitrogens with one attached hydrogen (secondary N) is 1. The highest BCUT2D eigenvalue weighted by Gasteiger charge is 2.38. The molecule has 100 valence electrons. The minimum Gasteiger partial charge on any atom is -0.361 e. The molecule has 1 unspecified atom stereocenters. The molecule has 4 rings (SSSR count). The molecular weight excluding hydrogens is 234 g/mol. The highest BCUT2D eigenvalue weighted by atomic mass is 15.1. The van der Waals surface area contributed by atoms with E-state index in [0.717, 1.165) is 13.1 Å². The van der Waals surface area contributed by atoms with E-state index in [1.54, 1.807) is 0 Å². The zero-order valence-corrected chi connectivity index (χ0v) is 11.4. The van der Waals surface area contributed by atoms with Gasteiger partial charge in [-0.25, -0.2) is 0 Å². The summed E-state index contributed by atoms with van der Waals surface area (Å²) in [7, 11) is 2.26. The fourth-order valence-corrected chi connectivity index (χ4v) is 4.22. The molecule has 3 nitrogen and oxygen atoms in total. The zero-order valence-electron chi connectivity index (χ0n) is 11.4. The average molecular weight is 255 g/mol. The van der Waals surface area contributed by atoms with Gasteiger partial charge in [-0.15, -0.1) is 0 Å². The molecule has 2 heterocycles. The Labute approximate surface area is 113 Å². The maximum atomic E-state index is 5.93. The van der Waals surface area contributed by atoms with Crippen molar-refractivity contribution >= 4 is 10.9 Å². The van der Waals surface area contributed by atoms with E-state index >= 15 is 0 Å². The zero-order chi connectivity index (χ0) is 13.0. The second-order valence-corrected chi connectivity index (χ2v) is 6.24. The largest absolute Gasteiger partial charge is 0.361 e. The van der Waals surface area contributed by atoms with Crippen molar-refractivity contribution in [1.82, 2.24) is 9.88 Å². The van der Waals surface area contributed by atoms with E-state index in [0.29, 0.717) is 17.9 Å². The lowest BCUT2D eigenvalue weighted by Gasteiger charge is -2.45. The number of benzene rings is 1. The van der Waals surface area contributed by atoms with Crippen LogP contribution in [-0.4, -0.2) is 36.1 Å². The molecule has 0 amide bonds. The summed E-state index contributed by atoms with van der Waals surface area (Å²) in [5.41, 5.74) is 10.2. The average Bonchev–Trinajstić information content (AvgIpc) is 2.85. The molecule has 0 saturated carbocycles. The smallest absolute Gasteiger partial charge is 0.0459 e. The highest BCUT2D eigenvalue weighted by Crippen LogP contribution is 2.43. The quantitative estimate of drug-likeness (QED) is 0.819. The van der Waals surface area contributed by atoms with E-state index in [9.17, 15) is 0 Å². The monoisotopic (exact) mass is 255 g/mol. The molecule has 3 atom stereocenters. The first-order chi connectivity index (χ1) is 9.28. The summed E-state index contributed by atoms with van der Waals surface area (Å²) >= 11 is 0. The molecule has 0 bridgehead atoms. The van der Waals surface area contributed by atoms with Crippen LogP contribution in [0, 0.1) is 5.92 Å². The first-order valence-electron chi connectivity index (χ1n) is 7.27. The van der Waals surface area contributed by atoms with Crippen LogP contribution in [0.1, 0.15) is 23.5 Å². The number of fused-ring (bicyclic) bond motifs is 2. The lowest BCUT2D eigenvalue weighted by atomic mass is 9.72. The van der Waals surface area contributed by atoms with Gasteiger partial charge in [-0.05, 0) is 49.5 Å². The summed E-state index contributed by atoms with van der Waals surface area (Å²) in [5, 5.41) is 1.48.